The minimum absolute atomic E-state index is 0.177. The van der Waals surface area contributed by atoms with Crippen LogP contribution in [0.4, 0.5) is 17.6 Å². The Hall–Kier alpha value is -0.590. The molecule has 0 bridgehead atoms. The van der Waals surface area contributed by atoms with Crippen molar-refractivity contribution >= 4 is 24.2 Å². The molecule has 1 atom stereocenters. The summed E-state index contributed by atoms with van der Waals surface area (Å²) in [6, 6.07) is 2.89. The predicted octanol–water partition coefficient (Wildman–Crippen LogP) is 4.18. The lowest BCUT2D eigenvalue weighted by molar-refractivity contribution is -0.138. The van der Waals surface area contributed by atoms with Crippen molar-refractivity contribution in [3.05, 3.63) is 28.2 Å². The maximum Gasteiger partial charge on any atom is 0.417 e. The van der Waals surface area contributed by atoms with Gasteiger partial charge in [-0.2, -0.15) is 13.2 Å². The number of benzene rings is 1. The van der Waals surface area contributed by atoms with Crippen LogP contribution in [0.25, 0.3) is 0 Å². The van der Waals surface area contributed by atoms with Gasteiger partial charge < -0.3 is 4.52 Å². The van der Waals surface area contributed by atoms with E-state index in [2.05, 4.69) is 25.0 Å². The van der Waals surface area contributed by atoms with Gasteiger partial charge in [0.1, 0.15) is 5.75 Å². The van der Waals surface area contributed by atoms with Crippen molar-refractivity contribution in [2.75, 3.05) is 6.86 Å². The van der Waals surface area contributed by atoms with E-state index >= 15 is 0 Å². The first-order chi connectivity index (χ1) is 7.84. The van der Waals surface area contributed by atoms with Crippen molar-refractivity contribution in [1.29, 1.82) is 0 Å². The van der Waals surface area contributed by atoms with Crippen molar-refractivity contribution < 1.29 is 31.2 Å². The summed E-state index contributed by atoms with van der Waals surface area (Å²) in [6.07, 6.45) is -4.57. The van der Waals surface area contributed by atoms with Gasteiger partial charge in [0.25, 0.3) is 0 Å². The number of rotatable bonds is 4. The number of hydrogen-bond donors (Lipinski definition) is 0. The molecule has 0 N–H and O–H groups in total. The maximum absolute atomic E-state index is 12.5. The minimum atomic E-state index is -4.57. The standard InChI is InChI=1S/C8H6BrF4O3P/c9-7-2-1-5(16-17(14)15-4-10)3-6(7)8(11,12)13/h1-3,17H,4H2. The molecule has 0 amide bonds. The van der Waals surface area contributed by atoms with Gasteiger partial charge in [0.05, 0.1) is 5.56 Å². The highest BCUT2D eigenvalue weighted by molar-refractivity contribution is 9.10. The zero-order chi connectivity index (χ0) is 13.1. The van der Waals surface area contributed by atoms with Crippen LogP contribution in [-0.4, -0.2) is 6.86 Å². The van der Waals surface area contributed by atoms with E-state index in [4.69, 9.17) is 0 Å². The van der Waals surface area contributed by atoms with Crippen molar-refractivity contribution in [2.24, 2.45) is 0 Å². The lowest BCUT2D eigenvalue weighted by atomic mass is 10.2. The summed E-state index contributed by atoms with van der Waals surface area (Å²) in [5.74, 6) is -0.308. The Bertz CT molecular complexity index is 424. The molecule has 3 nitrogen and oxygen atoms in total. The molecule has 17 heavy (non-hydrogen) atoms. The average molecular weight is 337 g/mol. The first-order valence-electron chi connectivity index (χ1n) is 4.12. The molecule has 0 fully saturated rings. The van der Waals surface area contributed by atoms with E-state index in [1.807, 2.05) is 0 Å². The van der Waals surface area contributed by atoms with Gasteiger partial charge in [-0.05, 0) is 18.2 Å². The molecule has 1 aromatic carbocycles. The lowest BCUT2D eigenvalue weighted by Gasteiger charge is -2.11. The molecule has 1 rings (SSSR count). The van der Waals surface area contributed by atoms with Gasteiger partial charge >= 0.3 is 14.4 Å². The highest BCUT2D eigenvalue weighted by atomic mass is 79.9. The number of hydrogen-bond acceptors (Lipinski definition) is 3. The van der Waals surface area contributed by atoms with Crippen LogP contribution in [0, 0.1) is 0 Å². The van der Waals surface area contributed by atoms with Crippen molar-refractivity contribution in [3.63, 3.8) is 0 Å². The summed E-state index contributed by atoms with van der Waals surface area (Å²) in [7, 11) is -3.17. The molecule has 0 saturated heterocycles. The van der Waals surface area contributed by atoms with Gasteiger partial charge in [-0.15, -0.1) is 0 Å². The van der Waals surface area contributed by atoms with E-state index < -0.39 is 26.9 Å². The minimum Gasteiger partial charge on any atom is -0.426 e. The Kier molecular flexibility index (Phi) is 4.97. The van der Waals surface area contributed by atoms with Crippen LogP contribution in [0.1, 0.15) is 5.56 Å². The first kappa shape index (κ1) is 14.5. The van der Waals surface area contributed by atoms with E-state index in [0.29, 0.717) is 6.07 Å². The molecule has 0 spiro atoms. The Balaban J connectivity index is 2.93. The molecule has 0 saturated carbocycles. The number of alkyl halides is 4. The molecule has 96 valence electrons. The smallest absolute Gasteiger partial charge is 0.417 e. The second-order valence-electron chi connectivity index (χ2n) is 2.74. The maximum atomic E-state index is 12.5. The normalized spacial score (nSPS) is 13.5. The molecule has 9 heteroatoms. The molecule has 0 aliphatic heterocycles. The number of halogens is 5. The molecule has 0 aliphatic rings. The van der Waals surface area contributed by atoms with Gasteiger partial charge in [-0.25, -0.2) is 8.96 Å². The molecule has 0 radical (unpaired) electrons. The Morgan fingerprint density at radius 3 is 2.53 bits per heavy atom. The topological polar surface area (TPSA) is 35.5 Å². The van der Waals surface area contributed by atoms with Gasteiger partial charge in [-0.3, -0.25) is 4.52 Å². The molecular weight excluding hydrogens is 331 g/mol. The molecule has 0 aromatic heterocycles. The van der Waals surface area contributed by atoms with Crippen LogP contribution in [0.3, 0.4) is 0 Å². The third-order valence-corrected chi connectivity index (χ3v) is 3.06. The summed E-state index contributed by atoms with van der Waals surface area (Å²) in [5.41, 5.74) is -0.981. The molecular formula is C8H6BrF4O3P. The van der Waals surface area contributed by atoms with E-state index in [1.165, 1.54) is 0 Å². The Labute approximate surface area is 103 Å². The van der Waals surface area contributed by atoms with Gasteiger partial charge in [0, 0.05) is 4.47 Å². The van der Waals surface area contributed by atoms with Crippen LogP contribution in [0.5, 0.6) is 5.75 Å². The van der Waals surface area contributed by atoms with Crippen LogP contribution in [-0.2, 0) is 15.3 Å². The second-order valence-corrected chi connectivity index (χ2v) is 4.59. The van der Waals surface area contributed by atoms with Crippen LogP contribution in [0.15, 0.2) is 22.7 Å². The second kappa shape index (κ2) is 5.84. The molecule has 0 aliphatic carbocycles. The zero-order valence-electron chi connectivity index (χ0n) is 8.05. The van der Waals surface area contributed by atoms with E-state index in [1.54, 1.807) is 0 Å². The van der Waals surface area contributed by atoms with Crippen LogP contribution >= 0.6 is 24.2 Å². The van der Waals surface area contributed by atoms with Crippen LogP contribution < -0.4 is 4.52 Å². The fourth-order valence-electron chi connectivity index (χ4n) is 0.955. The van der Waals surface area contributed by atoms with Gasteiger partial charge in [-0.1, -0.05) is 15.9 Å². The highest BCUT2D eigenvalue weighted by Crippen LogP contribution is 2.38. The fraction of sp³-hybridized carbons (Fsp3) is 0.250. The third-order valence-electron chi connectivity index (χ3n) is 1.62. The van der Waals surface area contributed by atoms with E-state index in [0.717, 1.165) is 12.1 Å². The summed E-state index contributed by atoms with van der Waals surface area (Å²) < 4.78 is 68.2. The Morgan fingerprint density at radius 2 is 2.00 bits per heavy atom. The average Bonchev–Trinajstić information content (AvgIpc) is 2.19. The highest BCUT2D eigenvalue weighted by Gasteiger charge is 2.33. The largest absolute Gasteiger partial charge is 0.426 e. The summed E-state index contributed by atoms with van der Waals surface area (Å²) in [5, 5.41) is 0. The summed E-state index contributed by atoms with van der Waals surface area (Å²) >= 11 is 2.73. The van der Waals surface area contributed by atoms with E-state index in [9.17, 15) is 22.1 Å². The predicted molar refractivity (Wildman–Crippen MR) is 55.8 cm³/mol. The SMILES string of the molecule is O=[PH](OCF)Oc1ccc(Br)c(C(F)(F)F)c1. The third kappa shape index (κ3) is 4.29. The van der Waals surface area contributed by atoms with E-state index in [-0.39, 0.29) is 10.2 Å². The zero-order valence-corrected chi connectivity index (χ0v) is 10.6. The van der Waals surface area contributed by atoms with Crippen molar-refractivity contribution in [3.8, 4) is 5.75 Å². The monoisotopic (exact) mass is 336 g/mol. The quantitative estimate of drug-likeness (QED) is 0.611. The molecule has 0 heterocycles. The summed E-state index contributed by atoms with van der Waals surface area (Å²) in [4.78, 5) is 0. The molecule has 1 aromatic rings. The van der Waals surface area contributed by atoms with Crippen molar-refractivity contribution in [2.45, 2.75) is 6.18 Å². The summed E-state index contributed by atoms with van der Waals surface area (Å²) in [6.45, 7) is -1.33. The lowest BCUT2D eigenvalue weighted by Crippen LogP contribution is -2.06. The van der Waals surface area contributed by atoms with Crippen molar-refractivity contribution in [1.82, 2.24) is 0 Å². The first-order valence-corrected chi connectivity index (χ1v) is 6.13. The van der Waals surface area contributed by atoms with Gasteiger partial charge in [0.15, 0.2) is 6.86 Å². The van der Waals surface area contributed by atoms with Crippen LogP contribution in [0.2, 0.25) is 0 Å². The fourth-order valence-corrected chi connectivity index (χ4v) is 1.89. The van der Waals surface area contributed by atoms with Gasteiger partial charge in [0.2, 0.25) is 0 Å². The molecule has 1 unspecified atom stereocenters. The Morgan fingerprint density at radius 1 is 1.35 bits per heavy atom.